The predicted octanol–water partition coefficient (Wildman–Crippen LogP) is 5.05. The van der Waals surface area contributed by atoms with Gasteiger partial charge >= 0.3 is 0 Å². The molecule has 8 unspecified atom stereocenters. The van der Waals surface area contributed by atoms with Crippen molar-refractivity contribution in [2.24, 2.45) is 40.4 Å². The summed E-state index contributed by atoms with van der Waals surface area (Å²) >= 11 is 0. The van der Waals surface area contributed by atoms with Crippen molar-refractivity contribution in [3.63, 3.8) is 0 Å². The van der Waals surface area contributed by atoms with Gasteiger partial charge < -0.3 is 14.6 Å². The van der Waals surface area contributed by atoms with Gasteiger partial charge in [0.25, 0.3) is 0 Å². The van der Waals surface area contributed by atoms with Crippen LogP contribution in [0.1, 0.15) is 71.6 Å². The largest absolute Gasteiger partial charge is 0.494 e. The first-order valence-corrected chi connectivity index (χ1v) is 14.3. The van der Waals surface area contributed by atoms with E-state index in [1.165, 1.54) is 19.3 Å². The summed E-state index contributed by atoms with van der Waals surface area (Å²) in [5.41, 5.74) is 1.15. The first-order chi connectivity index (χ1) is 17.7. The molecule has 1 aromatic heterocycles. The van der Waals surface area contributed by atoms with Gasteiger partial charge in [0.1, 0.15) is 17.8 Å². The first-order valence-electron chi connectivity index (χ1n) is 14.3. The molecule has 7 nitrogen and oxygen atoms in total. The van der Waals surface area contributed by atoms with Gasteiger partial charge in [0.2, 0.25) is 0 Å². The van der Waals surface area contributed by atoms with Crippen molar-refractivity contribution in [2.75, 3.05) is 20.8 Å². The van der Waals surface area contributed by atoms with Crippen LogP contribution >= 0.6 is 0 Å². The number of ether oxygens (including phenoxy) is 2. The molecule has 0 radical (unpaired) electrons. The molecule has 0 aliphatic heterocycles. The van der Waals surface area contributed by atoms with Gasteiger partial charge in [-0.3, -0.25) is 4.79 Å². The fourth-order valence-corrected chi connectivity index (χ4v) is 9.75. The van der Waals surface area contributed by atoms with E-state index in [4.69, 9.17) is 9.47 Å². The van der Waals surface area contributed by atoms with Crippen LogP contribution in [-0.2, 0) is 16.1 Å². The van der Waals surface area contributed by atoms with Crippen LogP contribution in [0.25, 0.3) is 11.0 Å². The Morgan fingerprint density at radius 2 is 1.89 bits per heavy atom. The molecule has 0 bridgehead atoms. The number of ketones is 1. The number of aliphatic hydroxyl groups is 1. The van der Waals surface area contributed by atoms with Gasteiger partial charge in [-0.25, -0.2) is 0 Å². The van der Waals surface area contributed by atoms with Gasteiger partial charge in [-0.05, 0) is 111 Å². The number of hydrogen-bond donors (Lipinski definition) is 1. The Bertz CT molecular complexity index is 1180. The molecule has 37 heavy (non-hydrogen) atoms. The van der Waals surface area contributed by atoms with E-state index in [-0.39, 0.29) is 29.1 Å². The van der Waals surface area contributed by atoms with Gasteiger partial charge in [-0.2, -0.15) is 9.90 Å². The molecule has 0 amide bonds. The molecule has 8 atom stereocenters. The summed E-state index contributed by atoms with van der Waals surface area (Å²) in [7, 11) is 3.48. The molecule has 7 heteroatoms. The Morgan fingerprint density at radius 3 is 2.68 bits per heavy atom. The Balaban J connectivity index is 1.22. The average molecular weight is 510 g/mol. The lowest BCUT2D eigenvalue weighted by atomic mass is 9.43. The average Bonchev–Trinajstić information content (AvgIpc) is 3.44. The summed E-state index contributed by atoms with van der Waals surface area (Å²) in [6.45, 7) is 5.46. The van der Waals surface area contributed by atoms with Crippen molar-refractivity contribution in [3.8, 4) is 5.75 Å². The minimum absolute atomic E-state index is 0.0454. The van der Waals surface area contributed by atoms with E-state index in [0.717, 1.165) is 50.6 Å². The second-order valence-electron chi connectivity index (χ2n) is 13.2. The highest BCUT2D eigenvalue weighted by Crippen LogP contribution is 2.68. The van der Waals surface area contributed by atoms with Crippen molar-refractivity contribution in [1.29, 1.82) is 0 Å². The summed E-state index contributed by atoms with van der Waals surface area (Å²) in [5, 5.41) is 20.1. The molecule has 2 aromatic rings. The van der Waals surface area contributed by atoms with Crippen LogP contribution in [-0.4, -0.2) is 52.3 Å². The summed E-state index contributed by atoms with van der Waals surface area (Å²) in [6, 6.07) is 5.70. The second-order valence-corrected chi connectivity index (χ2v) is 13.2. The molecular formula is C30H43N3O4. The lowest BCUT2D eigenvalue weighted by Gasteiger charge is -2.62. The summed E-state index contributed by atoms with van der Waals surface area (Å²) in [6.07, 6.45) is 9.63. The van der Waals surface area contributed by atoms with Crippen LogP contribution < -0.4 is 4.74 Å². The molecule has 6 rings (SSSR count). The standard InChI is InChI=1S/C30H43N3O4/c1-28(35)14-15-30(18-36-3)19(16-28)8-9-20-21-10-11-23(29(21,2)13-12-22(20)30)25(34)17-33-31-24-6-5-7-26(37-4)27(24)32-33/h5-7,19-23,35H,8-18H2,1-4H3. The summed E-state index contributed by atoms with van der Waals surface area (Å²) < 4.78 is 11.3. The normalized spacial score (nSPS) is 41.2. The van der Waals surface area contributed by atoms with Gasteiger partial charge in [0, 0.05) is 13.0 Å². The number of nitrogens with zero attached hydrogens (tertiary/aromatic N) is 3. The zero-order valence-corrected chi connectivity index (χ0v) is 22.9. The third-order valence-corrected chi connectivity index (χ3v) is 11.4. The number of rotatable bonds is 6. The Hall–Kier alpha value is -1.99. The molecule has 4 saturated carbocycles. The van der Waals surface area contributed by atoms with Crippen LogP contribution in [0.15, 0.2) is 18.2 Å². The Kier molecular flexibility index (Phi) is 6.18. The van der Waals surface area contributed by atoms with Gasteiger partial charge in [-0.1, -0.05) is 13.0 Å². The minimum Gasteiger partial charge on any atom is -0.494 e. The maximum absolute atomic E-state index is 13.8. The number of aromatic nitrogens is 3. The molecule has 1 aromatic carbocycles. The highest BCUT2D eigenvalue weighted by Gasteiger charge is 2.63. The summed E-state index contributed by atoms with van der Waals surface area (Å²) in [4.78, 5) is 15.3. The van der Waals surface area contributed by atoms with E-state index in [9.17, 15) is 9.90 Å². The predicted molar refractivity (Wildman–Crippen MR) is 141 cm³/mol. The highest BCUT2D eigenvalue weighted by molar-refractivity contribution is 5.83. The quantitative estimate of drug-likeness (QED) is 0.587. The zero-order chi connectivity index (χ0) is 26.0. The summed E-state index contributed by atoms with van der Waals surface area (Å²) in [5.74, 6) is 3.45. The van der Waals surface area contributed by atoms with Gasteiger partial charge in [0.15, 0.2) is 11.3 Å². The lowest BCUT2D eigenvalue weighted by molar-refractivity contribution is -0.175. The molecular weight excluding hydrogens is 466 g/mol. The van der Waals surface area contributed by atoms with Gasteiger partial charge in [0.05, 0.1) is 19.3 Å². The number of Topliss-reactive ketones (excluding diaryl/α,β-unsaturated/α-hetero) is 1. The number of hydrogen-bond acceptors (Lipinski definition) is 6. The lowest BCUT2D eigenvalue weighted by Crippen LogP contribution is -2.58. The zero-order valence-electron chi connectivity index (χ0n) is 22.9. The van der Waals surface area contributed by atoms with Crippen molar-refractivity contribution in [1.82, 2.24) is 15.0 Å². The van der Waals surface area contributed by atoms with Crippen LogP contribution in [0.5, 0.6) is 5.75 Å². The van der Waals surface area contributed by atoms with Crippen LogP contribution in [0.2, 0.25) is 0 Å². The first kappa shape index (κ1) is 25.3. The van der Waals surface area contributed by atoms with E-state index in [2.05, 4.69) is 17.1 Å². The van der Waals surface area contributed by atoms with Crippen molar-refractivity contribution in [3.05, 3.63) is 18.2 Å². The van der Waals surface area contributed by atoms with E-state index < -0.39 is 5.60 Å². The maximum atomic E-state index is 13.8. The van der Waals surface area contributed by atoms with Crippen molar-refractivity contribution < 1.29 is 19.4 Å². The number of carbonyl (C=O) groups excluding carboxylic acids is 1. The molecule has 1 heterocycles. The Labute approximate surface area is 220 Å². The third-order valence-electron chi connectivity index (χ3n) is 11.4. The van der Waals surface area contributed by atoms with E-state index in [1.807, 2.05) is 32.2 Å². The number of fused-ring (bicyclic) bond motifs is 6. The van der Waals surface area contributed by atoms with Crippen LogP contribution in [0.4, 0.5) is 0 Å². The smallest absolute Gasteiger partial charge is 0.159 e. The van der Waals surface area contributed by atoms with Crippen molar-refractivity contribution >= 4 is 16.8 Å². The van der Waals surface area contributed by atoms with E-state index in [0.29, 0.717) is 34.9 Å². The minimum atomic E-state index is -0.543. The third kappa shape index (κ3) is 3.94. The fourth-order valence-electron chi connectivity index (χ4n) is 9.75. The SMILES string of the molecule is COCC12CCC(C)(O)CC1CCC1C3CCC(C(=O)Cn4nc5cccc(OC)c5n4)C3(C)CCC12. The molecule has 4 aliphatic carbocycles. The second kappa shape index (κ2) is 9.04. The molecule has 4 aliphatic rings. The maximum Gasteiger partial charge on any atom is 0.159 e. The number of benzene rings is 1. The van der Waals surface area contributed by atoms with E-state index in [1.54, 1.807) is 11.9 Å². The monoisotopic (exact) mass is 509 g/mol. The Morgan fingerprint density at radius 1 is 1.05 bits per heavy atom. The topological polar surface area (TPSA) is 86.5 Å². The van der Waals surface area contributed by atoms with Crippen LogP contribution in [0, 0.1) is 40.4 Å². The molecule has 1 N–H and O–H groups in total. The van der Waals surface area contributed by atoms with Gasteiger partial charge in [-0.15, -0.1) is 5.10 Å². The number of carbonyl (C=O) groups is 1. The van der Waals surface area contributed by atoms with Crippen molar-refractivity contribution in [2.45, 2.75) is 83.8 Å². The fraction of sp³-hybridized carbons (Fsp3) is 0.767. The molecule has 202 valence electrons. The highest BCUT2D eigenvalue weighted by atomic mass is 16.5. The molecule has 0 saturated heterocycles. The van der Waals surface area contributed by atoms with Crippen LogP contribution in [0.3, 0.4) is 0 Å². The van der Waals surface area contributed by atoms with E-state index >= 15 is 0 Å². The molecule has 4 fully saturated rings. The number of methoxy groups -OCH3 is 2. The molecule has 0 spiro atoms.